The number of rotatable bonds is 9. The van der Waals surface area contributed by atoms with Crippen LogP contribution in [0.2, 0.25) is 0 Å². The van der Waals surface area contributed by atoms with Gasteiger partial charge in [0.2, 0.25) is 10.0 Å². The van der Waals surface area contributed by atoms with E-state index < -0.39 is 26.0 Å². The van der Waals surface area contributed by atoms with Crippen molar-refractivity contribution in [2.45, 2.75) is 28.7 Å². The molecule has 10 heteroatoms. The van der Waals surface area contributed by atoms with Gasteiger partial charge < -0.3 is 10.0 Å². The van der Waals surface area contributed by atoms with Gasteiger partial charge in [-0.2, -0.15) is 0 Å². The Kier molecular flexibility index (Phi) is 7.94. The number of hydrogen-bond donors (Lipinski definition) is 2. The highest BCUT2D eigenvalue weighted by Crippen LogP contribution is 2.27. The normalized spacial score (nSPS) is 16.8. The van der Waals surface area contributed by atoms with E-state index in [1.807, 2.05) is 18.2 Å². The Morgan fingerprint density at radius 2 is 1.62 bits per heavy atom. The molecule has 1 fully saturated rings. The van der Waals surface area contributed by atoms with E-state index in [1.54, 1.807) is 0 Å². The third kappa shape index (κ3) is 6.08. The standard InChI is InChI=1S/C22H31N3O5S2/c1-23-32(29,30)22-17-18(10-11-21(22)31(2,27)28)20(26)9-6-12-24-13-15-25(16-14-24)19-7-4-3-5-8-19/h3-5,7-8,10-11,17,20,23,26H,6,9,12-16H2,1-2H3. The molecule has 0 bridgehead atoms. The van der Waals surface area contributed by atoms with Gasteiger partial charge >= 0.3 is 0 Å². The molecule has 0 aromatic heterocycles. The molecule has 3 rings (SSSR count). The van der Waals surface area contributed by atoms with Gasteiger partial charge in [0.1, 0.15) is 4.90 Å². The fourth-order valence-corrected chi connectivity index (χ4v) is 6.27. The van der Waals surface area contributed by atoms with Gasteiger partial charge in [0, 0.05) is 38.1 Å². The first kappa shape index (κ1) is 24.7. The molecular formula is C22H31N3O5S2. The lowest BCUT2D eigenvalue weighted by atomic mass is 10.0. The fraction of sp³-hybridized carbons (Fsp3) is 0.455. The lowest BCUT2D eigenvalue weighted by molar-refractivity contribution is 0.153. The Hall–Kier alpha value is -1.98. The van der Waals surface area contributed by atoms with Crippen LogP contribution in [-0.2, 0) is 19.9 Å². The summed E-state index contributed by atoms with van der Waals surface area (Å²) in [5.74, 6) is 0. The van der Waals surface area contributed by atoms with Gasteiger partial charge in [0.15, 0.2) is 9.84 Å². The average molecular weight is 482 g/mol. The second-order valence-electron chi connectivity index (χ2n) is 8.01. The van der Waals surface area contributed by atoms with Gasteiger partial charge in [-0.15, -0.1) is 0 Å². The Labute approximate surface area is 190 Å². The van der Waals surface area contributed by atoms with Crippen LogP contribution in [0.5, 0.6) is 0 Å². The third-order valence-corrected chi connectivity index (χ3v) is 8.49. The van der Waals surface area contributed by atoms with Gasteiger partial charge in [-0.05, 0) is 56.3 Å². The predicted molar refractivity (Wildman–Crippen MR) is 125 cm³/mol. The fourth-order valence-electron chi connectivity index (χ4n) is 3.90. The second kappa shape index (κ2) is 10.3. The zero-order chi connectivity index (χ0) is 23.4. The maximum Gasteiger partial charge on any atom is 0.241 e. The first-order chi connectivity index (χ1) is 15.1. The van der Waals surface area contributed by atoms with E-state index in [4.69, 9.17) is 0 Å². The highest BCUT2D eigenvalue weighted by atomic mass is 32.2. The van der Waals surface area contributed by atoms with E-state index in [1.165, 1.54) is 30.9 Å². The highest BCUT2D eigenvalue weighted by Gasteiger charge is 2.25. The quantitative estimate of drug-likeness (QED) is 0.561. The summed E-state index contributed by atoms with van der Waals surface area (Å²) in [6, 6.07) is 14.3. The van der Waals surface area contributed by atoms with Crippen molar-refractivity contribution in [2.24, 2.45) is 0 Å². The summed E-state index contributed by atoms with van der Waals surface area (Å²) in [6.45, 7) is 4.62. The minimum Gasteiger partial charge on any atom is -0.388 e. The first-order valence-electron chi connectivity index (χ1n) is 10.6. The van der Waals surface area contributed by atoms with E-state index in [9.17, 15) is 21.9 Å². The van der Waals surface area contributed by atoms with Crippen molar-refractivity contribution in [3.63, 3.8) is 0 Å². The number of nitrogens with zero attached hydrogens (tertiary/aromatic N) is 2. The van der Waals surface area contributed by atoms with Crippen LogP contribution in [0.25, 0.3) is 0 Å². The predicted octanol–water partition coefficient (Wildman–Crippen LogP) is 1.63. The number of sulfone groups is 1. The molecule has 176 valence electrons. The van der Waals surface area contributed by atoms with Crippen molar-refractivity contribution in [3.8, 4) is 0 Å². The molecule has 8 nitrogen and oxygen atoms in total. The maximum absolute atomic E-state index is 12.3. The van der Waals surface area contributed by atoms with Crippen LogP contribution in [0, 0.1) is 0 Å². The van der Waals surface area contributed by atoms with Crippen molar-refractivity contribution in [1.29, 1.82) is 0 Å². The molecule has 0 aliphatic carbocycles. The molecule has 1 saturated heterocycles. The number of para-hydroxylation sites is 1. The van der Waals surface area contributed by atoms with Crippen LogP contribution >= 0.6 is 0 Å². The topological polar surface area (TPSA) is 107 Å². The van der Waals surface area contributed by atoms with E-state index in [-0.39, 0.29) is 9.79 Å². The number of sulfonamides is 1. The molecule has 1 aliphatic rings. The molecule has 2 N–H and O–H groups in total. The SMILES string of the molecule is CNS(=O)(=O)c1cc(C(O)CCCN2CCN(c3ccccc3)CC2)ccc1S(C)(=O)=O. The summed E-state index contributed by atoms with van der Waals surface area (Å²) in [5.41, 5.74) is 1.62. The van der Waals surface area contributed by atoms with Crippen molar-refractivity contribution in [2.75, 3.05) is 50.9 Å². The molecule has 0 radical (unpaired) electrons. The number of piperazine rings is 1. The molecule has 2 aromatic carbocycles. The largest absolute Gasteiger partial charge is 0.388 e. The lowest BCUT2D eigenvalue weighted by Crippen LogP contribution is -2.46. The first-order valence-corrected chi connectivity index (χ1v) is 14.0. The molecule has 1 atom stereocenters. The van der Waals surface area contributed by atoms with Crippen molar-refractivity contribution >= 4 is 25.5 Å². The number of aliphatic hydroxyl groups excluding tert-OH is 1. The van der Waals surface area contributed by atoms with Gasteiger partial charge in [-0.1, -0.05) is 24.3 Å². The Balaban J connectivity index is 1.57. The van der Waals surface area contributed by atoms with Crippen molar-refractivity contribution in [1.82, 2.24) is 9.62 Å². The minimum atomic E-state index is -3.99. The molecule has 0 spiro atoms. The summed E-state index contributed by atoms with van der Waals surface area (Å²) in [5, 5.41) is 10.6. The number of hydrogen-bond acceptors (Lipinski definition) is 7. The smallest absolute Gasteiger partial charge is 0.241 e. The van der Waals surface area contributed by atoms with Gasteiger partial charge in [-0.25, -0.2) is 21.6 Å². The summed E-state index contributed by atoms with van der Waals surface area (Å²) in [7, 11) is -6.50. The lowest BCUT2D eigenvalue weighted by Gasteiger charge is -2.36. The third-order valence-electron chi connectivity index (χ3n) is 5.76. The summed E-state index contributed by atoms with van der Waals surface area (Å²) < 4.78 is 50.8. The molecule has 1 heterocycles. The van der Waals surface area contributed by atoms with E-state index in [0.717, 1.165) is 45.4 Å². The van der Waals surface area contributed by atoms with Gasteiger partial charge in [0.05, 0.1) is 11.0 Å². The number of nitrogens with one attached hydrogen (secondary N) is 1. The Morgan fingerprint density at radius 3 is 2.22 bits per heavy atom. The maximum atomic E-state index is 12.3. The van der Waals surface area contributed by atoms with Crippen LogP contribution in [-0.4, -0.2) is 72.9 Å². The summed E-state index contributed by atoms with van der Waals surface area (Å²) >= 11 is 0. The molecule has 0 saturated carbocycles. The van der Waals surface area contributed by atoms with Gasteiger partial charge in [0.25, 0.3) is 0 Å². The van der Waals surface area contributed by atoms with Gasteiger partial charge in [-0.3, -0.25) is 4.90 Å². The number of aliphatic hydroxyl groups is 1. The van der Waals surface area contributed by atoms with Crippen LogP contribution in [0.4, 0.5) is 5.69 Å². The van der Waals surface area contributed by atoms with Crippen LogP contribution in [0.15, 0.2) is 58.3 Å². The monoisotopic (exact) mass is 481 g/mol. The minimum absolute atomic E-state index is 0.279. The highest BCUT2D eigenvalue weighted by molar-refractivity contribution is 7.93. The van der Waals surface area contributed by atoms with Crippen molar-refractivity contribution in [3.05, 3.63) is 54.1 Å². The molecule has 1 unspecified atom stereocenters. The van der Waals surface area contributed by atoms with E-state index in [0.29, 0.717) is 12.0 Å². The molecular weight excluding hydrogens is 450 g/mol. The average Bonchev–Trinajstić information content (AvgIpc) is 2.79. The molecule has 2 aromatic rings. The Bertz CT molecular complexity index is 1110. The zero-order valence-electron chi connectivity index (χ0n) is 18.4. The van der Waals surface area contributed by atoms with Crippen LogP contribution in [0.1, 0.15) is 24.5 Å². The van der Waals surface area contributed by atoms with E-state index >= 15 is 0 Å². The summed E-state index contributed by atoms with van der Waals surface area (Å²) in [6.07, 6.45) is 1.29. The summed E-state index contributed by atoms with van der Waals surface area (Å²) in [4.78, 5) is 4.10. The van der Waals surface area contributed by atoms with Crippen molar-refractivity contribution < 1.29 is 21.9 Å². The second-order valence-corrected chi connectivity index (χ2v) is 11.8. The molecule has 1 aliphatic heterocycles. The van der Waals surface area contributed by atoms with E-state index in [2.05, 4.69) is 26.7 Å². The number of anilines is 1. The zero-order valence-corrected chi connectivity index (χ0v) is 20.1. The Morgan fingerprint density at radius 1 is 0.969 bits per heavy atom. The molecule has 0 amide bonds. The molecule has 32 heavy (non-hydrogen) atoms. The van der Waals surface area contributed by atoms with Crippen LogP contribution in [0.3, 0.4) is 0 Å². The number of benzene rings is 2. The van der Waals surface area contributed by atoms with Crippen LogP contribution < -0.4 is 9.62 Å².